The molecule has 4 heteroatoms. The van der Waals surface area contributed by atoms with E-state index in [0.29, 0.717) is 0 Å². The Morgan fingerprint density at radius 3 is 3.00 bits per heavy atom. The molecule has 0 fully saturated rings. The second kappa shape index (κ2) is 4.27. The fourth-order valence-electron chi connectivity index (χ4n) is 2.01. The molecule has 0 unspecified atom stereocenters. The Morgan fingerprint density at radius 2 is 2.24 bits per heavy atom. The molecule has 0 amide bonds. The minimum atomic E-state index is 0.883. The summed E-state index contributed by atoms with van der Waals surface area (Å²) in [4.78, 5) is 5.95. The van der Waals surface area contributed by atoms with E-state index in [1.165, 1.54) is 16.0 Å². The summed E-state index contributed by atoms with van der Waals surface area (Å²) in [5.74, 6) is 1.08. The molecule has 0 saturated heterocycles. The number of aryl methyl sites for hydroxylation is 1. The van der Waals surface area contributed by atoms with Gasteiger partial charge in [-0.2, -0.15) is 0 Å². The van der Waals surface area contributed by atoms with Gasteiger partial charge in [0.05, 0.1) is 5.52 Å². The quantitative estimate of drug-likeness (QED) is 0.698. The van der Waals surface area contributed by atoms with Gasteiger partial charge in [-0.1, -0.05) is 12.1 Å². The van der Waals surface area contributed by atoms with Crippen LogP contribution in [0.2, 0.25) is 0 Å². The van der Waals surface area contributed by atoms with Gasteiger partial charge in [0, 0.05) is 17.5 Å². The highest BCUT2D eigenvalue weighted by Crippen LogP contribution is 2.24. The first-order chi connectivity index (χ1) is 8.25. The predicted octanol–water partition coefficient (Wildman–Crippen LogP) is 4.06. The largest absolute Gasteiger partial charge is 0.302 e. The molecule has 3 heterocycles. The lowest BCUT2D eigenvalue weighted by Gasteiger charge is -2.01. The van der Waals surface area contributed by atoms with Crippen molar-refractivity contribution in [2.24, 2.45) is 0 Å². The van der Waals surface area contributed by atoms with E-state index >= 15 is 0 Å². The molecule has 0 aliphatic carbocycles. The van der Waals surface area contributed by atoms with Crippen LogP contribution >= 0.6 is 27.3 Å². The van der Waals surface area contributed by atoms with Gasteiger partial charge < -0.3 is 4.40 Å². The van der Waals surface area contributed by atoms with Crippen molar-refractivity contribution in [2.45, 2.75) is 13.3 Å². The molecule has 0 aliphatic heterocycles. The molecule has 86 valence electrons. The fourth-order valence-corrected chi connectivity index (χ4v) is 3.42. The molecule has 0 bridgehead atoms. The van der Waals surface area contributed by atoms with Crippen molar-refractivity contribution >= 4 is 32.8 Å². The molecule has 0 atom stereocenters. The molecule has 3 aromatic heterocycles. The second-order valence-corrected chi connectivity index (χ2v) is 5.77. The molecule has 0 spiro atoms. The van der Waals surface area contributed by atoms with E-state index in [0.717, 1.165) is 16.8 Å². The van der Waals surface area contributed by atoms with Crippen molar-refractivity contribution in [3.8, 4) is 0 Å². The number of imidazole rings is 1. The second-order valence-electron chi connectivity index (χ2n) is 3.98. The molecule has 0 radical (unpaired) electrons. The first-order valence-corrected chi connectivity index (χ1v) is 7.07. The third-order valence-corrected chi connectivity index (χ3v) is 4.24. The Labute approximate surface area is 112 Å². The molecule has 3 rings (SSSR count). The van der Waals surface area contributed by atoms with Gasteiger partial charge >= 0.3 is 0 Å². The van der Waals surface area contributed by atoms with E-state index in [1.54, 1.807) is 11.3 Å². The topological polar surface area (TPSA) is 17.3 Å². The Kier molecular flexibility index (Phi) is 2.76. The number of halogens is 1. The molecule has 0 aromatic carbocycles. The molecule has 3 aromatic rings. The van der Waals surface area contributed by atoms with E-state index in [-0.39, 0.29) is 0 Å². The zero-order valence-corrected chi connectivity index (χ0v) is 11.8. The molecular formula is C13H11BrN2S. The van der Waals surface area contributed by atoms with Crippen LogP contribution in [-0.4, -0.2) is 9.38 Å². The van der Waals surface area contributed by atoms with Crippen LogP contribution in [0.4, 0.5) is 0 Å². The molecule has 0 N–H and O–H groups in total. The zero-order chi connectivity index (χ0) is 11.8. The maximum atomic E-state index is 4.61. The van der Waals surface area contributed by atoms with Gasteiger partial charge in [-0.25, -0.2) is 4.98 Å². The summed E-state index contributed by atoms with van der Waals surface area (Å²) >= 11 is 5.32. The number of pyridine rings is 1. The zero-order valence-electron chi connectivity index (χ0n) is 9.35. The summed E-state index contributed by atoms with van der Waals surface area (Å²) in [5, 5.41) is 2.10. The first kappa shape index (κ1) is 11.0. The van der Waals surface area contributed by atoms with Gasteiger partial charge in [-0.3, -0.25) is 0 Å². The Morgan fingerprint density at radius 1 is 1.35 bits per heavy atom. The highest BCUT2D eigenvalue weighted by molar-refractivity contribution is 9.10. The van der Waals surface area contributed by atoms with Crippen molar-refractivity contribution in [2.75, 3.05) is 0 Å². The van der Waals surface area contributed by atoms with Crippen molar-refractivity contribution in [3.63, 3.8) is 0 Å². The van der Waals surface area contributed by atoms with E-state index in [9.17, 15) is 0 Å². The first-order valence-electron chi connectivity index (χ1n) is 5.40. The molecule has 17 heavy (non-hydrogen) atoms. The van der Waals surface area contributed by atoms with Crippen molar-refractivity contribution in [1.29, 1.82) is 0 Å². The highest BCUT2D eigenvalue weighted by Gasteiger charge is 2.11. The van der Waals surface area contributed by atoms with Crippen LogP contribution in [0.25, 0.3) is 5.52 Å². The van der Waals surface area contributed by atoms with Crippen LogP contribution in [0.5, 0.6) is 0 Å². The number of thiophene rings is 1. The summed E-state index contributed by atoms with van der Waals surface area (Å²) < 4.78 is 3.10. The van der Waals surface area contributed by atoms with Crippen LogP contribution in [0, 0.1) is 6.92 Å². The predicted molar refractivity (Wildman–Crippen MR) is 74.8 cm³/mol. The van der Waals surface area contributed by atoms with E-state index in [2.05, 4.69) is 68.1 Å². The molecule has 2 nitrogen and oxygen atoms in total. The lowest BCUT2D eigenvalue weighted by molar-refractivity contribution is 0.969. The van der Waals surface area contributed by atoms with Gasteiger partial charge in [-0.05, 0) is 45.9 Å². The lowest BCUT2D eigenvalue weighted by atomic mass is 10.2. The summed E-state index contributed by atoms with van der Waals surface area (Å²) in [6.45, 7) is 2.11. The third kappa shape index (κ3) is 1.91. The van der Waals surface area contributed by atoms with E-state index in [4.69, 9.17) is 0 Å². The number of hydrogen-bond acceptors (Lipinski definition) is 2. The van der Waals surface area contributed by atoms with Gasteiger partial charge in [0.1, 0.15) is 10.4 Å². The summed E-state index contributed by atoms with van der Waals surface area (Å²) in [6.07, 6.45) is 2.96. The summed E-state index contributed by atoms with van der Waals surface area (Å²) in [7, 11) is 0. The maximum absolute atomic E-state index is 4.61. The minimum absolute atomic E-state index is 0.883. The fraction of sp³-hybridized carbons (Fsp3) is 0.154. The van der Waals surface area contributed by atoms with Gasteiger partial charge in [-0.15, -0.1) is 11.3 Å². The van der Waals surface area contributed by atoms with Gasteiger partial charge in [0.2, 0.25) is 0 Å². The van der Waals surface area contributed by atoms with E-state index < -0.39 is 0 Å². The SMILES string of the molecule is Cc1cccn2c(Cc3cccs3)nc(Br)c12. The Bertz CT molecular complexity index is 655. The van der Waals surface area contributed by atoms with Gasteiger partial charge in [0.15, 0.2) is 0 Å². The monoisotopic (exact) mass is 306 g/mol. The summed E-state index contributed by atoms with van der Waals surface area (Å²) in [6, 6.07) is 8.40. The molecule has 0 aliphatic rings. The molecular weight excluding hydrogens is 296 g/mol. The van der Waals surface area contributed by atoms with Crippen LogP contribution in [0.1, 0.15) is 16.3 Å². The van der Waals surface area contributed by atoms with Crippen LogP contribution in [0.3, 0.4) is 0 Å². The van der Waals surface area contributed by atoms with Crippen molar-refractivity contribution in [1.82, 2.24) is 9.38 Å². The van der Waals surface area contributed by atoms with Crippen molar-refractivity contribution < 1.29 is 0 Å². The average molecular weight is 307 g/mol. The standard InChI is InChI=1S/C13H11BrN2S/c1-9-4-2-6-16-11(15-13(14)12(9)16)8-10-5-3-7-17-10/h2-7H,8H2,1H3. The summed E-state index contributed by atoms with van der Waals surface area (Å²) in [5.41, 5.74) is 2.41. The number of hydrogen-bond donors (Lipinski definition) is 0. The number of aromatic nitrogens is 2. The molecule has 0 saturated carbocycles. The number of rotatable bonds is 2. The Balaban J connectivity index is 2.15. The van der Waals surface area contributed by atoms with Crippen LogP contribution in [0.15, 0.2) is 40.4 Å². The maximum Gasteiger partial charge on any atom is 0.132 e. The van der Waals surface area contributed by atoms with Crippen molar-refractivity contribution in [3.05, 3.63) is 56.7 Å². The number of fused-ring (bicyclic) bond motifs is 1. The minimum Gasteiger partial charge on any atom is -0.302 e. The van der Waals surface area contributed by atoms with Gasteiger partial charge in [0.25, 0.3) is 0 Å². The smallest absolute Gasteiger partial charge is 0.132 e. The van der Waals surface area contributed by atoms with E-state index in [1.807, 2.05) is 0 Å². The third-order valence-electron chi connectivity index (χ3n) is 2.81. The normalized spacial score (nSPS) is 11.2. The Hall–Kier alpha value is -1.13. The highest BCUT2D eigenvalue weighted by atomic mass is 79.9. The van der Waals surface area contributed by atoms with Crippen LogP contribution in [-0.2, 0) is 6.42 Å². The lowest BCUT2D eigenvalue weighted by Crippen LogP contribution is -1.95. The average Bonchev–Trinajstić information content (AvgIpc) is 2.90. The number of nitrogens with zero attached hydrogens (tertiary/aromatic N) is 2. The van der Waals surface area contributed by atoms with Crippen LogP contribution < -0.4 is 0 Å².